The average Bonchev–Trinajstić information content (AvgIpc) is 3.39. The zero-order valence-corrected chi connectivity index (χ0v) is 14.4. The normalized spacial score (nSPS) is 14.4. The lowest BCUT2D eigenvalue weighted by molar-refractivity contribution is -0.123. The molecule has 3 rings (SSSR count). The molecule has 2 aromatic carbocycles. The van der Waals surface area contributed by atoms with Crippen molar-refractivity contribution in [3.8, 4) is 0 Å². The van der Waals surface area contributed by atoms with Crippen LogP contribution >= 0.6 is 11.6 Å². The molecule has 25 heavy (non-hydrogen) atoms. The summed E-state index contributed by atoms with van der Waals surface area (Å²) < 4.78 is 0. The summed E-state index contributed by atoms with van der Waals surface area (Å²) in [7, 11) is 0. The quantitative estimate of drug-likeness (QED) is 0.742. The smallest absolute Gasteiger partial charge is 0.319 e. The van der Waals surface area contributed by atoms with Gasteiger partial charge < -0.3 is 16.0 Å². The maximum Gasteiger partial charge on any atom is 0.319 e. The second-order valence-electron chi connectivity index (χ2n) is 6.13. The minimum Gasteiger partial charge on any atom is -0.352 e. The van der Waals surface area contributed by atoms with Gasteiger partial charge in [0, 0.05) is 23.2 Å². The van der Waals surface area contributed by atoms with Crippen molar-refractivity contribution in [2.24, 2.45) is 0 Å². The molecule has 0 heterocycles. The fourth-order valence-electron chi connectivity index (χ4n) is 2.48. The van der Waals surface area contributed by atoms with Gasteiger partial charge in [-0.1, -0.05) is 48.0 Å². The minimum absolute atomic E-state index is 0.160. The number of carbonyl (C=O) groups is 2. The van der Waals surface area contributed by atoms with E-state index in [4.69, 9.17) is 11.6 Å². The summed E-state index contributed by atoms with van der Waals surface area (Å²) in [6, 6.07) is 15.7. The molecular formula is C19H20ClN3O2. The Kier molecular flexibility index (Phi) is 5.56. The summed E-state index contributed by atoms with van der Waals surface area (Å²) in [6.07, 6.45) is 2.43. The van der Waals surface area contributed by atoms with Crippen molar-refractivity contribution < 1.29 is 9.59 Å². The maximum absolute atomic E-state index is 12.5. The van der Waals surface area contributed by atoms with Crippen molar-refractivity contribution in [2.75, 3.05) is 5.32 Å². The van der Waals surface area contributed by atoms with Gasteiger partial charge >= 0.3 is 6.03 Å². The minimum atomic E-state index is -0.637. The van der Waals surface area contributed by atoms with Crippen molar-refractivity contribution in [2.45, 2.75) is 31.3 Å². The molecular weight excluding hydrogens is 338 g/mol. The lowest BCUT2D eigenvalue weighted by atomic mass is 10.1. The average molecular weight is 358 g/mol. The van der Waals surface area contributed by atoms with Crippen LogP contribution in [0, 0.1) is 0 Å². The molecule has 1 aliphatic carbocycles. The maximum atomic E-state index is 12.5. The largest absolute Gasteiger partial charge is 0.352 e. The van der Waals surface area contributed by atoms with E-state index in [1.807, 2.05) is 30.3 Å². The number of amides is 3. The number of hydrogen-bond acceptors (Lipinski definition) is 2. The van der Waals surface area contributed by atoms with E-state index in [1.165, 1.54) is 0 Å². The third-order valence-corrected chi connectivity index (χ3v) is 4.15. The second kappa shape index (κ2) is 8.03. The molecule has 0 radical (unpaired) electrons. The Labute approximate surface area is 151 Å². The standard InChI is InChI=1S/C19H20ClN3O2/c20-14-7-4-8-16(12-14)22-19(25)23-17(18(24)21-15-9-10-15)11-13-5-2-1-3-6-13/h1-8,12,15,17H,9-11H2,(H,21,24)(H2,22,23,25). The number of halogens is 1. The Balaban J connectivity index is 1.65. The van der Waals surface area contributed by atoms with Crippen LogP contribution in [0.2, 0.25) is 5.02 Å². The predicted molar refractivity (Wildman–Crippen MR) is 98.7 cm³/mol. The number of rotatable bonds is 6. The molecule has 1 unspecified atom stereocenters. The van der Waals surface area contributed by atoms with Crippen molar-refractivity contribution in [1.82, 2.24) is 10.6 Å². The molecule has 1 fully saturated rings. The molecule has 6 heteroatoms. The number of benzene rings is 2. The lowest BCUT2D eigenvalue weighted by Crippen LogP contribution is -2.49. The molecule has 2 aromatic rings. The van der Waals surface area contributed by atoms with Gasteiger partial charge in [-0.25, -0.2) is 4.79 Å². The highest BCUT2D eigenvalue weighted by molar-refractivity contribution is 6.30. The van der Waals surface area contributed by atoms with Gasteiger partial charge in [0.2, 0.25) is 5.91 Å². The van der Waals surface area contributed by atoms with Gasteiger partial charge in [-0.3, -0.25) is 4.79 Å². The van der Waals surface area contributed by atoms with Crippen LogP contribution in [-0.2, 0) is 11.2 Å². The molecule has 130 valence electrons. The predicted octanol–water partition coefficient (Wildman–Crippen LogP) is 3.35. The molecule has 1 atom stereocenters. The van der Waals surface area contributed by atoms with E-state index in [0.29, 0.717) is 17.1 Å². The number of anilines is 1. The molecule has 0 spiro atoms. The van der Waals surface area contributed by atoms with Gasteiger partial charge in [0.25, 0.3) is 0 Å². The molecule has 5 nitrogen and oxygen atoms in total. The van der Waals surface area contributed by atoms with Crippen LogP contribution in [0.25, 0.3) is 0 Å². The number of urea groups is 1. The third-order valence-electron chi connectivity index (χ3n) is 3.91. The lowest BCUT2D eigenvalue weighted by Gasteiger charge is -2.19. The first kappa shape index (κ1) is 17.3. The van der Waals surface area contributed by atoms with Gasteiger partial charge in [0.05, 0.1) is 0 Å². The third kappa shape index (κ3) is 5.50. The second-order valence-corrected chi connectivity index (χ2v) is 6.57. The van der Waals surface area contributed by atoms with E-state index in [-0.39, 0.29) is 11.9 Å². The first-order chi connectivity index (χ1) is 12.1. The molecule has 0 aromatic heterocycles. The van der Waals surface area contributed by atoms with E-state index < -0.39 is 12.1 Å². The van der Waals surface area contributed by atoms with E-state index in [2.05, 4.69) is 16.0 Å². The highest BCUT2D eigenvalue weighted by Gasteiger charge is 2.28. The Bertz CT molecular complexity index is 747. The molecule has 3 amide bonds. The highest BCUT2D eigenvalue weighted by atomic mass is 35.5. The van der Waals surface area contributed by atoms with Crippen LogP contribution < -0.4 is 16.0 Å². The van der Waals surface area contributed by atoms with Crippen LogP contribution in [0.1, 0.15) is 18.4 Å². The summed E-state index contributed by atoms with van der Waals surface area (Å²) in [5, 5.41) is 8.95. The molecule has 0 bridgehead atoms. The topological polar surface area (TPSA) is 70.2 Å². The highest BCUT2D eigenvalue weighted by Crippen LogP contribution is 2.19. The number of carbonyl (C=O) groups excluding carboxylic acids is 2. The fourth-order valence-corrected chi connectivity index (χ4v) is 2.67. The summed E-state index contributed by atoms with van der Waals surface area (Å²) in [4.78, 5) is 24.8. The van der Waals surface area contributed by atoms with Crippen LogP contribution in [0.5, 0.6) is 0 Å². The van der Waals surface area contributed by atoms with Gasteiger partial charge in [-0.15, -0.1) is 0 Å². The van der Waals surface area contributed by atoms with E-state index in [0.717, 1.165) is 18.4 Å². The van der Waals surface area contributed by atoms with Crippen LogP contribution in [0.3, 0.4) is 0 Å². The van der Waals surface area contributed by atoms with Gasteiger partial charge in [0.15, 0.2) is 0 Å². The summed E-state index contributed by atoms with van der Waals surface area (Å²) >= 11 is 5.92. The summed E-state index contributed by atoms with van der Waals surface area (Å²) in [5.41, 5.74) is 1.56. The molecule has 0 aliphatic heterocycles. The molecule has 0 saturated heterocycles. The van der Waals surface area contributed by atoms with Crippen molar-refractivity contribution in [3.05, 3.63) is 65.2 Å². The van der Waals surface area contributed by atoms with Crippen LogP contribution in [0.15, 0.2) is 54.6 Å². The van der Waals surface area contributed by atoms with Gasteiger partial charge in [-0.2, -0.15) is 0 Å². The van der Waals surface area contributed by atoms with Crippen molar-refractivity contribution in [3.63, 3.8) is 0 Å². The fraction of sp³-hybridized carbons (Fsp3) is 0.263. The zero-order chi connectivity index (χ0) is 17.6. The molecule has 1 saturated carbocycles. The summed E-state index contributed by atoms with van der Waals surface area (Å²) in [6.45, 7) is 0. The van der Waals surface area contributed by atoms with Crippen LogP contribution in [0.4, 0.5) is 10.5 Å². The number of hydrogen-bond donors (Lipinski definition) is 3. The zero-order valence-electron chi connectivity index (χ0n) is 13.7. The van der Waals surface area contributed by atoms with Gasteiger partial charge in [0.1, 0.15) is 6.04 Å². The van der Waals surface area contributed by atoms with Crippen molar-refractivity contribution in [1.29, 1.82) is 0 Å². The Hall–Kier alpha value is -2.53. The molecule has 1 aliphatic rings. The Morgan fingerprint density at radius 3 is 2.52 bits per heavy atom. The van der Waals surface area contributed by atoms with E-state index in [9.17, 15) is 9.59 Å². The first-order valence-corrected chi connectivity index (χ1v) is 8.65. The summed E-state index contributed by atoms with van der Waals surface area (Å²) in [5.74, 6) is -0.160. The van der Waals surface area contributed by atoms with Crippen molar-refractivity contribution >= 4 is 29.2 Å². The SMILES string of the molecule is O=C(Nc1cccc(Cl)c1)NC(Cc1ccccc1)C(=O)NC1CC1. The van der Waals surface area contributed by atoms with Crippen LogP contribution in [-0.4, -0.2) is 24.0 Å². The first-order valence-electron chi connectivity index (χ1n) is 8.27. The van der Waals surface area contributed by atoms with Gasteiger partial charge in [-0.05, 0) is 36.6 Å². The Morgan fingerprint density at radius 2 is 1.84 bits per heavy atom. The molecule has 3 N–H and O–H groups in total. The van der Waals surface area contributed by atoms with E-state index in [1.54, 1.807) is 24.3 Å². The number of nitrogens with one attached hydrogen (secondary N) is 3. The van der Waals surface area contributed by atoms with E-state index >= 15 is 0 Å². The monoisotopic (exact) mass is 357 g/mol. The Morgan fingerprint density at radius 1 is 1.08 bits per heavy atom.